The second kappa shape index (κ2) is 17.8. The van der Waals surface area contributed by atoms with Gasteiger partial charge in [-0.1, -0.05) is 61.0 Å². The van der Waals surface area contributed by atoms with Crippen LogP contribution in [-0.2, 0) is 14.4 Å². The van der Waals surface area contributed by atoms with Crippen LogP contribution < -0.4 is 32.2 Å². The van der Waals surface area contributed by atoms with Gasteiger partial charge in [0.05, 0.1) is 25.3 Å². The molecule has 12 nitrogen and oxygen atoms in total. The molecule has 0 saturated carbocycles. The molecule has 0 aliphatic heterocycles. The number of aliphatic imine (C=N–C) groups is 1. The van der Waals surface area contributed by atoms with Gasteiger partial charge in [-0.3, -0.25) is 19.2 Å². The standard InChI is InChI=1S/C32H46N6O6.C2H6/c1-7-15-30(2,3)19-31(4,5)20-44-24-13-11-22(12-14-24)36-28(43)32(6,17-26(40)41)38-25(39)18-35-27(42)21-9-8-10-23(16-21)37-29(33)34;1-2/h8-14,16H,7,15,17-20H2,1-6H3,(H,35,42)(H,36,43)(H,38,39)(H,40,41)(H4,33,34,37);1-2H3. The number of aliphatic carboxylic acids is 1. The van der Waals surface area contributed by atoms with Crippen LogP contribution in [0.25, 0.3) is 0 Å². The Morgan fingerprint density at radius 2 is 1.57 bits per heavy atom. The van der Waals surface area contributed by atoms with Gasteiger partial charge in [-0.2, -0.15) is 0 Å². The van der Waals surface area contributed by atoms with E-state index in [1.807, 2.05) is 13.8 Å². The SMILES string of the molecule is CC.CCCC(C)(C)CC(C)(C)COc1ccc(NC(=O)C(C)(CC(=O)O)NC(=O)CNC(=O)c2cccc(N=C(N)N)c2)cc1. The molecule has 0 aromatic heterocycles. The van der Waals surface area contributed by atoms with E-state index in [1.165, 1.54) is 19.1 Å². The van der Waals surface area contributed by atoms with Gasteiger partial charge in [-0.05, 0) is 73.1 Å². The van der Waals surface area contributed by atoms with Crippen LogP contribution in [0, 0.1) is 10.8 Å². The number of ether oxygens (including phenoxy) is 1. The summed E-state index contributed by atoms with van der Waals surface area (Å²) in [6.07, 6.45) is 2.58. The number of carboxylic acids is 1. The Kier molecular flexibility index (Phi) is 15.2. The summed E-state index contributed by atoms with van der Waals surface area (Å²) in [6.45, 7) is 16.4. The molecule has 0 aliphatic rings. The number of carboxylic acid groups (broad SMARTS) is 1. The highest BCUT2D eigenvalue weighted by Gasteiger charge is 2.37. The number of nitrogens with two attached hydrogens (primary N) is 2. The fourth-order valence-corrected chi connectivity index (χ4v) is 5.26. The average molecular weight is 641 g/mol. The van der Waals surface area contributed by atoms with E-state index in [4.69, 9.17) is 16.2 Å². The molecule has 1 unspecified atom stereocenters. The number of hydrogen-bond donors (Lipinski definition) is 6. The largest absolute Gasteiger partial charge is 0.493 e. The molecule has 1 atom stereocenters. The minimum absolute atomic E-state index is 0.0422. The Labute approximate surface area is 272 Å². The molecule has 8 N–H and O–H groups in total. The van der Waals surface area contributed by atoms with Gasteiger partial charge in [-0.15, -0.1) is 0 Å². The van der Waals surface area contributed by atoms with Crippen LogP contribution in [-0.4, -0.2) is 53.4 Å². The van der Waals surface area contributed by atoms with Gasteiger partial charge in [0, 0.05) is 11.3 Å². The topological polar surface area (TPSA) is 198 Å². The molecule has 2 aromatic carbocycles. The lowest BCUT2D eigenvalue weighted by Gasteiger charge is -2.34. The van der Waals surface area contributed by atoms with E-state index >= 15 is 0 Å². The Hall–Kier alpha value is -4.61. The number of anilines is 1. The number of nitrogens with zero attached hydrogens (tertiary/aromatic N) is 1. The van der Waals surface area contributed by atoms with Gasteiger partial charge in [0.15, 0.2) is 5.96 Å². The summed E-state index contributed by atoms with van der Waals surface area (Å²) in [7, 11) is 0. The maximum Gasteiger partial charge on any atom is 0.306 e. The van der Waals surface area contributed by atoms with Crippen LogP contribution in [0.1, 0.15) is 91.4 Å². The molecule has 0 heterocycles. The number of carbonyl (C=O) groups is 4. The number of benzene rings is 2. The maximum absolute atomic E-state index is 13.2. The Balaban J connectivity index is 0.00000518. The van der Waals surface area contributed by atoms with Gasteiger partial charge in [0.2, 0.25) is 11.8 Å². The van der Waals surface area contributed by atoms with Crippen molar-refractivity contribution in [2.45, 2.75) is 86.6 Å². The molecule has 3 amide bonds. The van der Waals surface area contributed by atoms with Gasteiger partial charge in [0.1, 0.15) is 11.3 Å². The zero-order valence-electron chi connectivity index (χ0n) is 28.5. The molecule has 0 spiro atoms. The molecule has 254 valence electrons. The lowest BCUT2D eigenvalue weighted by molar-refractivity contribution is -0.142. The Bertz CT molecular complexity index is 1350. The van der Waals surface area contributed by atoms with Crippen molar-refractivity contribution in [2.24, 2.45) is 27.3 Å². The van der Waals surface area contributed by atoms with Crippen molar-refractivity contribution >= 4 is 41.0 Å². The van der Waals surface area contributed by atoms with E-state index in [2.05, 4.69) is 55.6 Å². The first-order valence-corrected chi connectivity index (χ1v) is 15.5. The lowest BCUT2D eigenvalue weighted by atomic mass is 9.73. The highest BCUT2D eigenvalue weighted by atomic mass is 16.5. The van der Waals surface area contributed by atoms with Crippen molar-refractivity contribution in [3.63, 3.8) is 0 Å². The van der Waals surface area contributed by atoms with Crippen molar-refractivity contribution < 1.29 is 29.0 Å². The fourth-order valence-electron chi connectivity index (χ4n) is 5.26. The lowest BCUT2D eigenvalue weighted by Crippen LogP contribution is -2.57. The molecule has 12 heteroatoms. The summed E-state index contributed by atoms with van der Waals surface area (Å²) in [5.41, 5.74) is 10.0. The van der Waals surface area contributed by atoms with Gasteiger partial charge in [-0.25, -0.2) is 4.99 Å². The van der Waals surface area contributed by atoms with E-state index in [-0.39, 0.29) is 22.4 Å². The minimum Gasteiger partial charge on any atom is -0.493 e. The molecule has 0 radical (unpaired) electrons. The average Bonchev–Trinajstić information content (AvgIpc) is 2.95. The fraction of sp³-hybridized carbons (Fsp3) is 0.500. The maximum atomic E-state index is 13.2. The zero-order chi connectivity index (χ0) is 35.1. The molecule has 0 fully saturated rings. The molecular weight excluding hydrogens is 588 g/mol. The smallest absolute Gasteiger partial charge is 0.306 e. The molecular formula is C34H52N6O6. The number of guanidine groups is 1. The normalized spacial score (nSPS) is 12.3. The van der Waals surface area contributed by atoms with Crippen LogP contribution in [0.5, 0.6) is 5.75 Å². The predicted molar refractivity (Wildman–Crippen MR) is 182 cm³/mol. The summed E-state index contributed by atoms with van der Waals surface area (Å²) in [6, 6.07) is 12.8. The second-order valence-corrected chi connectivity index (χ2v) is 12.7. The summed E-state index contributed by atoms with van der Waals surface area (Å²) >= 11 is 0. The predicted octanol–water partition coefficient (Wildman–Crippen LogP) is 4.96. The van der Waals surface area contributed by atoms with E-state index < -0.39 is 42.2 Å². The van der Waals surface area contributed by atoms with Crippen LogP contribution >= 0.6 is 0 Å². The molecule has 2 rings (SSSR count). The van der Waals surface area contributed by atoms with E-state index in [9.17, 15) is 24.3 Å². The van der Waals surface area contributed by atoms with E-state index in [0.717, 1.165) is 19.3 Å². The highest BCUT2D eigenvalue weighted by Crippen LogP contribution is 2.37. The van der Waals surface area contributed by atoms with Crippen molar-refractivity contribution in [1.29, 1.82) is 0 Å². The molecule has 46 heavy (non-hydrogen) atoms. The second-order valence-electron chi connectivity index (χ2n) is 12.7. The first kappa shape index (κ1) is 39.4. The third-order valence-corrected chi connectivity index (χ3v) is 6.82. The van der Waals surface area contributed by atoms with Crippen LogP contribution in [0.3, 0.4) is 0 Å². The molecule has 0 saturated heterocycles. The van der Waals surface area contributed by atoms with Crippen molar-refractivity contribution in [3.8, 4) is 5.75 Å². The van der Waals surface area contributed by atoms with Gasteiger partial charge >= 0.3 is 5.97 Å². The molecule has 0 bridgehead atoms. The quantitative estimate of drug-likeness (QED) is 0.109. The first-order chi connectivity index (χ1) is 21.4. The van der Waals surface area contributed by atoms with Crippen molar-refractivity contribution in [2.75, 3.05) is 18.5 Å². The van der Waals surface area contributed by atoms with E-state index in [1.54, 1.807) is 36.4 Å². The summed E-state index contributed by atoms with van der Waals surface area (Å²) in [4.78, 5) is 53.9. The third kappa shape index (κ3) is 14.0. The summed E-state index contributed by atoms with van der Waals surface area (Å²) < 4.78 is 6.03. The Morgan fingerprint density at radius 3 is 2.13 bits per heavy atom. The summed E-state index contributed by atoms with van der Waals surface area (Å²) in [5, 5.41) is 17.0. The number of nitrogens with one attached hydrogen (secondary N) is 3. The first-order valence-electron chi connectivity index (χ1n) is 15.5. The summed E-state index contributed by atoms with van der Waals surface area (Å²) in [5.74, 6) is -2.93. The number of rotatable bonds is 16. The van der Waals surface area contributed by atoms with E-state index in [0.29, 0.717) is 23.7 Å². The van der Waals surface area contributed by atoms with Crippen LogP contribution in [0.2, 0.25) is 0 Å². The third-order valence-electron chi connectivity index (χ3n) is 6.82. The number of hydrogen-bond acceptors (Lipinski definition) is 6. The van der Waals surface area contributed by atoms with Gasteiger partial charge < -0.3 is 37.3 Å². The number of carbonyl (C=O) groups excluding carboxylic acids is 3. The Morgan fingerprint density at radius 1 is 0.935 bits per heavy atom. The number of amides is 3. The molecule has 0 aliphatic carbocycles. The highest BCUT2D eigenvalue weighted by molar-refractivity contribution is 6.03. The monoisotopic (exact) mass is 640 g/mol. The van der Waals surface area contributed by atoms with Crippen LogP contribution in [0.15, 0.2) is 53.5 Å². The van der Waals surface area contributed by atoms with Crippen molar-refractivity contribution in [3.05, 3.63) is 54.1 Å². The van der Waals surface area contributed by atoms with Gasteiger partial charge in [0.25, 0.3) is 5.91 Å². The van der Waals surface area contributed by atoms with Crippen LogP contribution in [0.4, 0.5) is 11.4 Å². The van der Waals surface area contributed by atoms with Crippen molar-refractivity contribution in [1.82, 2.24) is 10.6 Å². The minimum atomic E-state index is -1.81. The molecule has 2 aromatic rings. The zero-order valence-corrected chi connectivity index (χ0v) is 28.5.